The number of likely N-dealkylation sites (tertiary alicyclic amines) is 1. The Morgan fingerprint density at radius 2 is 1.95 bits per heavy atom. The number of nitrogens with one attached hydrogen (secondary N) is 1. The van der Waals surface area contributed by atoms with Crippen molar-refractivity contribution in [3.8, 4) is 11.4 Å². The van der Waals surface area contributed by atoms with Crippen LogP contribution >= 0.6 is 0 Å². The first-order valence-corrected chi connectivity index (χ1v) is 7.24. The molecule has 0 amide bonds. The predicted molar refractivity (Wildman–Crippen MR) is 78.7 cm³/mol. The number of rotatable bonds is 3. The van der Waals surface area contributed by atoms with Crippen molar-refractivity contribution in [1.82, 2.24) is 19.7 Å². The first-order valence-electron chi connectivity index (χ1n) is 7.24. The fourth-order valence-electron chi connectivity index (χ4n) is 2.79. The molecule has 5 heteroatoms. The number of aromatic amines is 1. The molecule has 106 valence electrons. The molecule has 2 heterocycles. The second-order valence-electron chi connectivity index (χ2n) is 5.25. The predicted octanol–water partition coefficient (Wildman–Crippen LogP) is 1.90. The van der Waals surface area contributed by atoms with Crippen molar-refractivity contribution in [1.29, 1.82) is 0 Å². The molecule has 0 aliphatic carbocycles. The van der Waals surface area contributed by atoms with E-state index in [1.54, 1.807) is 4.68 Å². The molecule has 20 heavy (non-hydrogen) atoms. The molecular formula is C15H20N4O. The zero-order valence-electron chi connectivity index (χ0n) is 11.7. The molecule has 0 saturated carbocycles. The highest BCUT2D eigenvalue weighted by Crippen LogP contribution is 2.21. The maximum absolute atomic E-state index is 12.1. The Bertz CT molecular complexity index is 608. The molecule has 1 N–H and O–H groups in total. The van der Waals surface area contributed by atoms with Gasteiger partial charge in [-0.25, -0.2) is 9.48 Å². The van der Waals surface area contributed by atoms with Gasteiger partial charge in [0.1, 0.15) is 0 Å². The van der Waals surface area contributed by atoms with Gasteiger partial charge in [-0.15, -0.1) is 5.10 Å². The Labute approximate surface area is 118 Å². The number of piperidine rings is 1. The van der Waals surface area contributed by atoms with Crippen molar-refractivity contribution in [2.45, 2.75) is 25.8 Å². The summed E-state index contributed by atoms with van der Waals surface area (Å²) >= 11 is 0. The summed E-state index contributed by atoms with van der Waals surface area (Å²) in [6.07, 6.45) is 1.99. The van der Waals surface area contributed by atoms with E-state index in [1.807, 2.05) is 30.3 Å². The average Bonchev–Trinajstić information content (AvgIpc) is 2.90. The van der Waals surface area contributed by atoms with E-state index in [0.29, 0.717) is 5.82 Å². The summed E-state index contributed by atoms with van der Waals surface area (Å²) in [6, 6.07) is 10.0. The fraction of sp³-hybridized carbons (Fsp3) is 0.467. The third kappa shape index (κ3) is 2.54. The quantitative estimate of drug-likeness (QED) is 0.928. The fourth-order valence-corrected chi connectivity index (χ4v) is 2.79. The molecule has 0 radical (unpaired) electrons. The molecule has 3 rings (SSSR count). The van der Waals surface area contributed by atoms with E-state index in [2.05, 4.69) is 21.9 Å². The lowest BCUT2D eigenvalue weighted by Gasteiger charge is -2.30. The monoisotopic (exact) mass is 272 g/mol. The Hall–Kier alpha value is -1.88. The highest BCUT2D eigenvalue weighted by atomic mass is 16.2. The van der Waals surface area contributed by atoms with E-state index in [4.69, 9.17) is 0 Å². The van der Waals surface area contributed by atoms with Crippen LogP contribution in [0.25, 0.3) is 11.4 Å². The SMILES string of the molecule is CCN1CCC(n2nc(-c3ccccc3)[nH]c2=O)CC1. The summed E-state index contributed by atoms with van der Waals surface area (Å²) in [5, 5.41) is 4.48. The van der Waals surface area contributed by atoms with Gasteiger partial charge < -0.3 is 4.90 Å². The van der Waals surface area contributed by atoms with Crippen LogP contribution in [0.4, 0.5) is 0 Å². The first kappa shape index (κ1) is 13.1. The van der Waals surface area contributed by atoms with Crippen LogP contribution in [0.15, 0.2) is 35.1 Å². The second-order valence-corrected chi connectivity index (χ2v) is 5.25. The minimum atomic E-state index is -0.0983. The Morgan fingerprint density at radius 3 is 2.60 bits per heavy atom. The molecule has 1 aliphatic heterocycles. The number of aromatic nitrogens is 3. The van der Waals surface area contributed by atoms with E-state index >= 15 is 0 Å². The van der Waals surface area contributed by atoms with E-state index in [-0.39, 0.29) is 11.7 Å². The van der Waals surface area contributed by atoms with Gasteiger partial charge >= 0.3 is 5.69 Å². The molecule has 1 aromatic carbocycles. The van der Waals surface area contributed by atoms with Crippen LogP contribution in [0, 0.1) is 0 Å². The summed E-state index contributed by atoms with van der Waals surface area (Å²) in [7, 11) is 0. The van der Waals surface area contributed by atoms with Crippen molar-refractivity contribution < 1.29 is 0 Å². The van der Waals surface area contributed by atoms with Gasteiger partial charge in [0.25, 0.3) is 0 Å². The molecule has 5 nitrogen and oxygen atoms in total. The number of benzene rings is 1. The van der Waals surface area contributed by atoms with Crippen LogP contribution in [0.5, 0.6) is 0 Å². The van der Waals surface area contributed by atoms with Crippen LogP contribution in [0.1, 0.15) is 25.8 Å². The van der Waals surface area contributed by atoms with Gasteiger partial charge in [0.05, 0.1) is 6.04 Å². The summed E-state index contributed by atoms with van der Waals surface area (Å²) in [6.45, 7) is 5.34. The topological polar surface area (TPSA) is 53.9 Å². The molecule has 1 fully saturated rings. The van der Waals surface area contributed by atoms with Crippen LogP contribution < -0.4 is 5.69 Å². The maximum atomic E-state index is 12.1. The van der Waals surface area contributed by atoms with Crippen molar-refractivity contribution in [2.75, 3.05) is 19.6 Å². The van der Waals surface area contributed by atoms with Crippen molar-refractivity contribution >= 4 is 0 Å². The van der Waals surface area contributed by atoms with E-state index in [1.165, 1.54) is 0 Å². The smallest absolute Gasteiger partial charge is 0.303 e. The summed E-state index contributed by atoms with van der Waals surface area (Å²) in [4.78, 5) is 17.4. The second kappa shape index (κ2) is 5.63. The van der Waals surface area contributed by atoms with Gasteiger partial charge in [0.2, 0.25) is 0 Å². The molecule has 0 bridgehead atoms. The normalized spacial score (nSPS) is 17.4. The lowest BCUT2D eigenvalue weighted by molar-refractivity contribution is 0.185. The first-order chi connectivity index (χ1) is 9.78. The lowest BCUT2D eigenvalue weighted by atomic mass is 10.1. The zero-order chi connectivity index (χ0) is 13.9. The molecule has 0 atom stereocenters. The van der Waals surface area contributed by atoms with Crippen molar-refractivity contribution in [3.05, 3.63) is 40.8 Å². The molecule has 1 aliphatic rings. The molecule has 1 aromatic heterocycles. The molecule has 1 saturated heterocycles. The number of hydrogen-bond donors (Lipinski definition) is 1. The zero-order valence-corrected chi connectivity index (χ0v) is 11.7. The Kier molecular flexibility index (Phi) is 3.69. The summed E-state index contributed by atoms with van der Waals surface area (Å²) < 4.78 is 1.63. The number of H-pyrrole nitrogens is 1. The van der Waals surface area contributed by atoms with Gasteiger partial charge in [-0.3, -0.25) is 4.98 Å². The number of nitrogens with zero attached hydrogens (tertiary/aromatic N) is 3. The Morgan fingerprint density at radius 1 is 1.25 bits per heavy atom. The molecule has 2 aromatic rings. The van der Waals surface area contributed by atoms with Gasteiger partial charge in [-0.2, -0.15) is 0 Å². The van der Waals surface area contributed by atoms with E-state index in [0.717, 1.165) is 38.0 Å². The van der Waals surface area contributed by atoms with Crippen LogP contribution in [0.2, 0.25) is 0 Å². The highest BCUT2D eigenvalue weighted by Gasteiger charge is 2.22. The van der Waals surface area contributed by atoms with Crippen LogP contribution in [-0.4, -0.2) is 39.3 Å². The third-order valence-electron chi connectivity index (χ3n) is 4.04. The number of hydrogen-bond acceptors (Lipinski definition) is 3. The molecule has 0 unspecified atom stereocenters. The van der Waals surface area contributed by atoms with Gasteiger partial charge in [-0.05, 0) is 19.4 Å². The van der Waals surface area contributed by atoms with Crippen molar-refractivity contribution in [3.63, 3.8) is 0 Å². The van der Waals surface area contributed by atoms with Gasteiger partial charge in [0, 0.05) is 18.7 Å². The average molecular weight is 272 g/mol. The van der Waals surface area contributed by atoms with Gasteiger partial charge in [0.15, 0.2) is 5.82 Å². The van der Waals surface area contributed by atoms with Crippen LogP contribution in [-0.2, 0) is 0 Å². The summed E-state index contributed by atoms with van der Waals surface area (Å²) in [5.74, 6) is 0.661. The molecule has 0 spiro atoms. The van der Waals surface area contributed by atoms with Crippen LogP contribution in [0.3, 0.4) is 0 Å². The van der Waals surface area contributed by atoms with Crippen molar-refractivity contribution in [2.24, 2.45) is 0 Å². The minimum Gasteiger partial charge on any atom is -0.303 e. The Balaban J connectivity index is 1.82. The highest BCUT2D eigenvalue weighted by molar-refractivity contribution is 5.53. The van der Waals surface area contributed by atoms with Gasteiger partial charge in [-0.1, -0.05) is 37.3 Å². The standard InChI is InChI=1S/C15H20N4O/c1-2-18-10-8-13(9-11-18)19-15(20)16-14(17-19)12-6-4-3-5-7-12/h3-7,13H,2,8-11H2,1H3,(H,16,17,20). The third-order valence-corrected chi connectivity index (χ3v) is 4.04. The maximum Gasteiger partial charge on any atom is 0.343 e. The largest absolute Gasteiger partial charge is 0.343 e. The van der Waals surface area contributed by atoms with E-state index in [9.17, 15) is 4.79 Å². The van der Waals surface area contributed by atoms with E-state index < -0.39 is 0 Å². The minimum absolute atomic E-state index is 0.0983. The lowest BCUT2D eigenvalue weighted by Crippen LogP contribution is -2.37. The molecular weight excluding hydrogens is 252 g/mol. The summed E-state index contributed by atoms with van der Waals surface area (Å²) in [5.41, 5.74) is 0.855.